The fourth-order valence-electron chi connectivity index (χ4n) is 3.09. The van der Waals surface area contributed by atoms with Gasteiger partial charge < -0.3 is 10.2 Å². The average molecular weight is 341 g/mol. The van der Waals surface area contributed by atoms with Gasteiger partial charge in [-0.25, -0.2) is 0 Å². The number of halogens is 2. The lowest BCUT2D eigenvalue weighted by molar-refractivity contribution is -0.132. The van der Waals surface area contributed by atoms with E-state index in [0.29, 0.717) is 35.1 Å². The number of nitrogens with zero attached hydrogens (tertiary/aromatic N) is 1. The van der Waals surface area contributed by atoms with Gasteiger partial charge in [-0.3, -0.25) is 4.79 Å². The lowest BCUT2D eigenvalue weighted by Gasteiger charge is -2.23. The molecule has 2 aliphatic rings. The van der Waals surface area contributed by atoms with Crippen molar-refractivity contribution in [2.24, 2.45) is 0 Å². The van der Waals surface area contributed by atoms with Crippen molar-refractivity contribution in [3.8, 4) is 0 Å². The summed E-state index contributed by atoms with van der Waals surface area (Å²) in [6, 6.07) is 6.56. The van der Waals surface area contributed by atoms with Gasteiger partial charge in [0, 0.05) is 25.0 Å². The second kappa shape index (κ2) is 7.20. The molecule has 1 atom stereocenters. The Labute approximate surface area is 142 Å². The predicted molar refractivity (Wildman–Crippen MR) is 90.3 cm³/mol. The molecule has 1 aromatic rings. The molecule has 1 saturated carbocycles. The van der Waals surface area contributed by atoms with E-state index in [9.17, 15) is 4.79 Å². The molecule has 3 rings (SSSR count). The van der Waals surface area contributed by atoms with E-state index >= 15 is 0 Å². The Morgan fingerprint density at radius 2 is 2.05 bits per heavy atom. The molecule has 1 unspecified atom stereocenters. The Morgan fingerprint density at radius 3 is 2.68 bits per heavy atom. The Hall–Kier alpha value is -0.770. The van der Waals surface area contributed by atoms with Crippen LogP contribution in [0, 0.1) is 0 Å². The summed E-state index contributed by atoms with van der Waals surface area (Å²) in [7, 11) is 0. The number of rotatable bonds is 6. The molecule has 0 radical (unpaired) electrons. The third-order valence-electron chi connectivity index (χ3n) is 4.51. The fraction of sp³-hybridized carbons (Fsp3) is 0.588. The molecule has 5 heteroatoms. The molecule has 1 aliphatic carbocycles. The van der Waals surface area contributed by atoms with Crippen LogP contribution in [-0.2, 0) is 11.3 Å². The number of benzene rings is 1. The predicted octanol–water partition coefficient (Wildman–Crippen LogP) is 4.02. The molecule has 0 spiro atoms. The fourth-order valence-corrected chi connectivity index (χ4v) is 3.41. The summed E-state index contributed by atoms with van der Waals surface area (Å²) in [5.74, 6) is 0.266. The van der Waals surface area contributed by atoms with Crippen LogP contribution in [0.25, 0.3) is 0 Å². The van der Waals surface area contributed by atoms with E-state index in [2.05, 4.69) is 5.32 Å². The van der Waals surface area contributed by atoms with E-state index in [1.54, 1.807) is 6.07 Å². The highest BCUT2D eigenvalue weighted by atomic mass is 35.5. The Balaban J connectivity index is 1.59. The smallest absolute Gasteiger partial charge is 0.223 e. The quantitative estimate of drug-likeness (QED) is 0.848. The van der Waals surface area contributed by atoms with Gasteiger partial charge in [0.2, 0.25) is 5.91 Å². The highest BCUT2D eigenvalue weighted by Crippen LogP contribution is 2.31. The van der Waals surface area contributed by atoms with E-state index < -0.39 is 0 Å². The minimum Gasteiger partial charge on any atom is -0.335 e. The van der Waals surface area contributed by atoms with E-state index in [1.807, 2.05) is 17.0 Å². The van der Waals surface area contributed by atoms with Crippen molar-refractivity contribution in [3.05, 3.63) is 33.8 Å². The zero-order valence-corrected chi connectivity index (χ0v) is 14.2. The first kappa shape index (κ1) is 16.1. The molecule has 1 heterocycles. The molecule has 1 saturated heterocycles. The topological polar surface area (TPSA) is 32.3 Å². The van der Waals surface area contributed by atoms with Crippen LogP contribution in [0.15, 0.2) is 18.2 Å². The molecular weight excluding hydrogens is 319 g/mol. The molecule has 2 fully saturated rings. The first-order chi connectivity index (χ1) is 10.6. The standard InChI is InChI=1S/C17H22Cl2N2O/c18-15-7-3-12(10-16(15)19)11-21(14-5-6-14)17(22)8-4-13-2-1-9-20-13/h3,7,10,13-14,20H,1-2,4-6,8-9,11H2. The summed E-state index contributed by atoms with van der Waals surface area (Å²) in [6.07, 6.45) is 6.25. The van der Waals surface area contributed by atoms with Gasteiger partial charge in [-0.05, 0) is 56.3 Å². The first-order valence-electron chi connectivity index (χ1n) is 8.10. The average Bonchev–Trinajstić information content (AvgIpc) is 3.21. The van der Waals surface area contributed by atoms with Crippen LogP contribution in [0.3, 0.4) is 0 Å². The van der Waals surface area contributed by atoms with Gasteiger partial charge in [0.15, 0.2) is 0 Å². The number of hydrogen-bond donors (Lipinski definition) is 1. The van der Waals surface area contributed by atoms with Crippen molar-refractivity contribution in [1.29, 1.82) is 0 Å². The van der Waals surface area contributed by atoms with Crippen molar-refractivity contribution in [1.82, 2.24) is 10.2 Å². The lowest BCUT2D eigenvalue weighted by atomic mass is 10.1. The SMILES string of the molecule is O=C(CCC1CCCN1)N(Cc1ccc(Cl)c(Cl)c1)C1CC1. The van der Waals surface area contributed by atoms with Gasteiger partial charge in [0.1, 0.15) is 0 Å². The maximum absolute atomic E-state index is 12.6. The minimum absolute atomic E-state index is 0.266. The highest BCUT2D eigenvalue weighted by molar-refractivity contribution is 6.42. The summed E-state index contributed by atoms with van der Waals surface area (Å²) >= 11 is 12.0. The lowest BCUT2D eigenvalue weighted by Crippen LogP contribution is -2.33. The highest BCUT2D eigenvalue weighted by Gasteiger charge is 2.32. The summed E-state index contributed by atoms with van der Waals surface area (Å²) in [5.41, 5.74) is 1.05. The molecule has 0 aromatic heterocycles. The molecule has 3 nitrogen and oxygen atoms in total. The third-order valence-corrected chi connectivity index (χ3v) is 5.25. The molecule has 120 valence electrons. The van der Waals surface area contributed by atoms with Crippen LogP contribution >= 0.6 is 23.2 Å². The second-order valence-electron chi connectivity index (χ2n) is 6.33. The monoisotopic (exact) mass is 340 g/mol. The molecule has 1 N–H and O–H groups in total. The van der Waals surface area contributed by atoms with Gasteiger partial charge in [0.05, 0.1) is 10.0 Å². The first-order valence-corrected chi connectivity index (χ1v) is 8.86. The van der Waals surface area contributed by atoms with Crippen LogP contribution in [0.2, 0.25) is 10.0 Å². The molecule has 1 amide bonds. The number of carbonyl (C=O) groups excluding carboxylic acids is 1. The van der Waals surface area contributed by atoms with Gasteiger partial charge in [-0.2, -0.15) is 0 Å². The molecule has 22 heavy (non-hydrogen) atoms. The van der Waals surface area contributed by atoms with Crippen molar-refractivity contribution < 1.29 is 4.79 Å². The van der Waals surface area contributed by atoms with Crippen LogP contribution in [0.5, 0.6) is 0 Å². The Bertz CT molecular complexity index is 539. The molecular formula is C17H22Cl2N2O. The maximum atomic E-state index is 12.6. The number of carbonyl (C=O) groups is 1. The Morgan fingerprint density at radius 1 is 1.23 bits per heavy atom. The number of hydrogen-bond acceptors (Lipinski definition) is 2. The summed E-state index contributed by atoms with van der Waals surface area (Å²) in [5, 5.41) is 4.57. The summed E-state index contributed by atoms with van der Waals surface area (Å²) in [4.78, 5) is 14.6. The van der Waals surface area contributed by atoms with Gasteiger partial charge in [-0.1, -0.05) is 29.3 Å². The van der Waals surface area contributed by atoms with E-state index in [-0.39, 0.29) is 5.91 Å². The Kier molecular flexibility index (Phi) is 5.27. The number of amides is 1. The van der Waals surface area contributed by atoms with Crippen molar-refractivity contribution >= 4 is 29.1 Å². The second-order valence-corrected chi connectivity index (χ2v) is 7.15. The van der Waals surface area contributed by atoms with Gasteiger partial charge in [0.25, 0.3) is 0 Å². The largest absolute Gasteiger partial charge is 0.335 e. The van der Waals surface area contributed by atoms with E-state index in [0.717, 1.165) is 31.4 Å². The van der Waals surface area contributed by atoms with Crippen LogP contribution in [0.1, 0.15) is 44.1 Å². The third kappa shape index (κ3) is 4.15. The van der Waals surface area contributed by atoms with Crippen LogP contribution in [-0.4, -0.2) is 29.4 Å². The minimum atomic E-state index is 0.266. The van der Waals surface area contributed by atoms with Gasteiger partial charge >= 0.3 is 0 Å². The number of nitrogens with one attached hydrogen (secondary N) is 1. The van der Waals surface area contributed by atoms with E-state index in [1.165, 1.54) is 12.8 Å². The molecule has 0 bridgehead atoms. The summed E-state index contributed by atoms with van der Waals surface area (Å²) < 4.78 is 0. The summed E-state index contributed by atoms with van der Waals surface area (Å²) in [6.45, 7) is 1.73. The molecule has 1 aromatic carbocycles. The van der Waals surface area contributed by atoms with Crippen molar-refractivity contribution in [2.45, 2.75) is 57.2 Å². The zero-order valence-electron chi connectivity index (χ0n) is 12.7. The molecule has 1 aliphatic heterocycles. The van der Waals surface area contributed by atoms with Crippen molar-refractivity contribution in [2.75, 3.05) is 6.54 Å². The van der Waals surface area contributed by atoms with Crippen LogP contribution < -0.4 is 5.32 Å². The van der Waals surface area contributed by atoms with Gasteiger partial charge in [-0.15, -0.1) is 0 Å². The van der Waals surface area contributed by atoms with E-state index in [4.69, 9.17) is 23.2 Å². The van der Waals surface area contributed by atoms with Crippen molar-refractivity contribution in [3.63, 3.8) is 0 Å². The normalized spacial score (nSPS) is 21.1. The van der Waals surface area contributed by atoms with Crippen LogP contribution in [0.4, 0.5) is 0 Å². The maximum Gasteiger partial charge on any atom is 0.223 e. The zero-order chi connectivity index (χ0) is 15.5.